The average Bonchev–Trinajstić information content (AvgIpc) is 3.44. The molecule has 1 atom stereocenters. The monoisotopic (exact) mass is 381 g/mol. The van der Waals surface area contributed by atoms with E-state index in [2.05, 4.69) is 45.9 Å². The molecule has 0 bridgehead atoms. The first-order valence-electron chi connectivity index (χ1n) is 11.6. The van der Waals surface area contributed by atoms with Crippen molar-refractivity contribution in [3.05, 3.63) is 24.3 Å². The number of likely N-dealkylation sites (tertiary alicyclic amines) is 1. The lowest BCUT2D eigenvalue weighted by atomic mass is 9.71. The maximum Gasteiger partial charge on any atom is 0.233 e. The van der Waals surface area contributed by atoms with Gasteiger partial charge in [0, 0.05) is 37.1 Å². The molecule has 4 aliphatic rings. The van der Waals surface area contributed by atoms with E-state index in [0.29, 0.717) is 11.9 Å². The minimum atomic E-state index is -0.0968. The Morgan fingerprint density at radius 2 is 1.61 bits per heavy atom. The molecule has 1 amide bonds. The summed E-state index contributed by atoms with van der Waals surface area (Å²) in [7, 11) is 0. The fourth-order valence-electron chi connectivity index (χ4n) is 5.75. The van der Waals surface area contributed by atoms with Crippen LogP contribution < -0.4 is 9.80 Å². The Morgan fingerprint density at radius 3 is 2.25 bits per heavy atom. The van der Waals surface area contributed by atoms with Crippen molar-refractivity contribution in [1.29, 1.82) is 0 Å². The zero-order chi connectivity index (χ0) is 19.1. The molecule has 0 unspecified atom stereocenters. The highest BCUT2D eigenvalue weighted by atomic mass is 16.2. The van der Waals surface area contributed by atoms with Gasteiger partial charge in [-0.2, -0.15) is 0 Å². The van der Waals surface area contributed by atoms with Gasteiger partial charge >= 0.3 is 0 Å². The number of hydrogen-bond acceptors (Lipinski definition) is 3. The van der Waals surface area contributed by atoms with E-state index in [1.807, 2.05) is 0 Å². The highest BCUT2D eigenvalue weighted by Gasteiger charge is 2.46. The molecule has 5 rings (SSSR count). The van der Waals surface area contributed by atoms with Crippen LogP contribution >= 0.6 is 0 Å². The number of piperidine rings is 2. The van der Waals surface area contributed by atoms with Gasteiger partial charge in [0.1, 0.15) is 0 Å². The standard InChI is InChI=1S/C24H35N3O/c1-19-4-2-14-26(19)21-7-9-22(10-8-21)27-15-3-11-24(23(27)28)12-16-25(17-13-24)18-20-5-6-20/h7-10,19-20H,2-6,11-18H2,1H3/t19-/m0/s1. The fraction of sp³-hybridized carbons (Fsp3) is 0.708. The summed E-state index contributed by atoms with van der Waals surface area (Å²) in [5, 5.41) is 0. The molecule has 4 fully saturated rings. The van der Waals surface area contributed by atoms with Crippen molar-refractivity contribution in [3.8, 4) is 0 Å². The number of amides is 1. The summed E-state index contributed by atoms with van der Waals surface area (Å²) in [4.78, 5) is 20.7. The molecule has 1 aliphatic carbocycles. The highest BCUT2D eigenvalue weighted by molar-refractivity contribution is 5.98. The Bertz CT molecular complexity index is 703. The summed E-state index contributed by atoms with van der Waals surface area (Å²) in [6.45, 7) is 7.85. The summed E-state index contributed by atoms with van der Waals surface area (Å²) in [5.74, 6) is 1.34. The topological polar surface area (TPSA) is 26.8 Å². The van der Waals surface area contributed by atoms with Crippen molar-refractivity contribution in [2.75, 3.05) is 42.5 Å². The molecule has 1 spiro atoms. The molecule has 3 saturated heterocycles. The van der Waals surface area contributed by atoms with Gasteiger partial charge in [0.2, 0.25) is 5.91 Å². The van der Waals surface area contributed by atoms with Crippen molar-refractivity contribution < 1.29 is 4.79 Å². The molecule has 3 aliphatic heterocycles. The molecule has 0 radical (unpaired) electrons. The molecular weight excluding hydrogens is 346 g/mol. The fourth-order valence-corrected chi connectivity index (χ4v) is 5.75. The smallest absolute Gasteiger partial charge is 0.233 e. The Labute approximate surface area is 169 Å². The quantitative estimate of drug-likeness (QED) is 0.778. The summed E-state index contributed by atoms with van der Waals surface area (Å²) < 4.78 is 0. The first-order chi connectivity index (χ1) is 13.6. The van der Waals surface area contributed by atoms with Crippen molar-refractivity contribution in [2.45, 2.75) is 64.3 Å². The van der Waals surface area contributed by atoms with Crippen LogP contribution in [0.4, 0.5) is 11.4 Å². The Balaban J connectivity index is 1.27. The zero-order valence-electron chi connectivity index (χ0n) is 17.4. The second-order valence-electron chi connectivity index (χ2n) is 9.79. The average molecular weight is 382 g/mol. The minimum absolute atomic E-state index is 0.0968. The van der Waals surface area contributed by atoms with Crippen LogP contribution in [-0.2, 0) is 4.79 Å². The molecule has 1 aromatic rings. The number of benzene rings is 1. The van der Waals surface area contributed by atoms with Crippen molar-refractivity contribution in [1.82, 2.24) is 4.90 Å². The third-order valence-electron chi connectivity index (χ3n) is 7.81. The molecule has 4 heteroatoms. The number of carbonyl (C=O) groups excluding carboxylic acids is 1. The Morgan fingerprint density at radius 1 is 0.893 bits per heavy atom. The van der Waals surface area contributed by atoms with Gasteiger partial charge in [-0.05, 0) is 102 Å². The van der Waals surface area contributed by atoms with E-state index in [1.165, 1.54) is 37.9 Å². The predicted octanol–water partition coefficient (Wildman–Crippen LogP) is 4.29. The van der Waals surface area contributed by atoms with Gasteiger partial charge in [-0.15, -0.1) is 0 Å². The summed E-state index contributed by atoms with van der Waals surface area (Å²) in [6.07, 6.45) is 9.74. The molecule has 0 N–H and O–H groups in total. The lowest BCUT2D eigenvalue weighted by Crippen LogP contribution is -2.54. The van der Waals surface area contributed by atoms with Crippen molar-refractivity contribution in [2.24, 2.45) is 11.3 Å². The SMILES string of the molecule is C[C@H]1CCCN1c1ccc(N2CCCC3(CCN(CC4CC4)CC3)C2=O)cc1. The van der Waals surface area contributed by atoms with Gasteiger partial charge in [0.05, 0.1) is 5.41 Å². The number of rotatable bonds is 4. The third kappa shape index (κ3) is 3.45. The first-order valence-corrected chi connectivity index (χ1v) is 11.6. The van der Waals surface area contributed by atoms with E-state index in [4.69, 9.17) is 0 Å². The molecule has 4 nitrogen and oxygen atoms in total. The van der Waals surface area contributed by atoms with Gasteiger partial charge in [0.25, 0.3) is 0 Å². The van der Waals surface area contributed by atoms with Crippen molar-refractivity contribution >= 4 is 17.3 Å². The molecular formula is C24H35N3O. The van der Waals surface area contributed by atoms with Gasteiger partial charge in [-0.1, -0.05) is 0 Å². The van der Waals surface area contributed by atoms with Crippen LogP contribution in [0.15, 0.2) is 24.3 Å². The van der Waals surface area contributed by atoms with Gasteiger partial charge < -0.3 is 14.7 Å². The zero-order valence-corrected chi connectivity index (χ0v) is 17.4. The first kappa shape index (κ1) is 18.5. The highest BCUT2D eigenvalue weighted by Crippen LogP contribution is 2.43. The Hall–Kier alpha value is -1.55. The number of hydrogen-bond donors (Lipinski definition) is 0. The van der Waals surface area contributed by atoms with Crippen LogP contribution in [0, 0.1) is 11.3 Å². The lowest BCUT2D eigenvalue weighted by Gasteiger charge is -2.46. The summed E-state index contributed by atoms with van der Waals surface area (Å²) in [6, 6.07) is 9.44. The van der Waals surface area contributed by atoms with Crippen molar-refractivity contribution in [3.63, 3.8) is 0 Å². The number of anilines is 2. The predicted molar refractivity (Wildman–Crippen MR) is 115 cm³/mol. The molecule has 1 aromatic carbocycles. The van der Waals surface area contributed by atoms with Crippen LogP contribution in [0.2, 0.25) is 0 Å². The van der Waals surface area contributed by atoms with Crippen LogP contribution in [0.5, 0.6) is 0 Å². The van der Waals surface area contributed by atoms with Crippen LogP contribution in [-0.4, -0.2) is 49.6 Å². The van der Waals surface area contributed by atoms with E-state index in [1.54, 1.807) is 0 Å². The number of carbonyl (C=O) groups is 1. The van der Waals surface area contributed by atoms with Crippen LogP contribution in [0.3, 0.4) is 0 Å². The van der Waals surface area contributed by atoms with Gasteiger partial charge in [-0.3, -0.25) is 4.79 Å². The normalized spacial score (nSPS) is 28.3. The van der Waals surface area contributed by atoms with E-state index in [-0.39, 0.29) is 5.41 Å². The van der Waals surface area contributed by atoms with E-state index >= 15 is 0 Å². The molecule has 0 aromatic heterocycles. The maximum atomic E-state index is 13.5. The molecule has 152 valence electrons. The minimum Gasteiger partial charge on any atom is -0.369 e. The van der Waals surface area contributed by atoms with E-state index < -0.39 is 0 Å². The molecule has 28 heavy (non-hydrogen) atoms. The van der Waals surface area contributed by atoms with Gasteiger partial charge in [0.15, 0.2) is 0 Å². The summed E-state index contributed by atoms with van der Waals surface area (Å²) in [5.41, 5.74) is 2.31. The number of nitrogens with zero attached hydrogens (tertiary/aromatic N) is 3. The molecule has 1 saturated carbocycles. The Kier molecular flexibility index (Phi) is 4.86. The van der Waals surface area contributed by atoms with E-state index in [0.717, 1.165) is 63.5 Å². The van der Waals surface area contributed by atoms with Crippen LogP contribution in [0.1, 0.15) is 58.3 Å². The second-order valence-corrected chi connectivity index (χ2v) is 9.79. The largest absolute Gasteiger partial charge is 0.369 e. The summed E-state index contributed by atoms with van der Waals surface area (Å²) >= 11 is 0. The van der Waals surface area contributed by atoms with E-state index in [9.17, 15) is 4.79 Å². The maximum absolute atomic E-state index is 13.5. The van der Waals surface area contributed by atoms with Gasteiger partial charge in [-0.25, -0.2) is 0 Å². The second kappa shape index (κ2) is 7.37. The van der Waals surface area contributed by atoms with Crippen LogP contribution in [0.25, 0.3) is 0 Å². The lowest BCUT2D eigenvalue weighted by molar-refractivity contribution is -0.133. The molecule has 3 heterocycles. The third-order valence-corrected chi connectivity index (χ3v) is 7.81.